The molecule has 0 heterocycles. The maximum atomic E-state index is 11.1. The highest BCUT2D eigenvalue weighted by Crippen LogP contribution is 2.38. The molecule has 0 bridgehead atoms. The Bertz CT molecular complexity index is 173. The van der Waals surface area contributed by atoms with Crippen molar-refractivity contribution in [1.29, 1.82) is 0 Å². The van der Waals surface area contributed by atoms with Gasteiger partial charge in [-0.05, 0) is 6.42 Å². The van der Waals surface area contributed by atoms with Crippen LogP contribution in [0.15, 0.2) is 0 Å². The molecular weight excluding hydrogens is 152 g/mol. The zero-order valence-electron chi connectivity index (χ0n) is 8.22. The monoisotopic (exact) mass is 170 g/mol. The molecule has 1 atom stereocenters. The van der Waals surface area contributed by atoms with Crippen molar-refractivity contribution < 1.29 is 9.53 Å². The molecule has 0 saturated heterocycles. The lowest BCUT2D eigenvalue weighted by Gasteiger charge is -2.41. The third-order valence-electron chi connectivity index (χ3n) is 2.71. The van der Waals surface area contributed by atoms with Crippen LogP contribution in [0.25, 0.3) is 0 Å². The number of hydrogen-bond acceptors (Lipinski definition) is 2. The van der Waals surface area contributed by atoms with Gasteiger partial charge < -0.3 is 4.74 Å². The summed E-state index contributed by atoms with van der Waals surface area (Å²) in [7, 11) is 0. The number of ketones is 1. The molecule has 1 fully saturated rings. The lowest BCUT2D eigenvalue weighted by atomic mass is 9.68. The first-order valence-electron chi connectivity index (χ1n) is 4.74. The molecule has 2 heteroatoms. The molecule has 0 aliphatic heterocycles. The van der Waals surface area contributed by atoms with Crippen LogP contribution in [0.5, 0.6) is 0 Å². The van der Waals surface area contributed by atoms with Gasteiger partial charge in [-0.25, -0.2) is 0 Å². The van der Waals surface area contributed by atoms with Crippen LogP contribution in [0.3, 0.4) is 0 Å². The van der Waals surface area contributed by atoms with Crippen LogP contribution in [0.1, 0.15) is 40.0 Å². The fraction of sp³-hybridized carbons (Fsp3) is 0.900. The predicted octanol–water partition coefficient (Wildman–Crippen LogP) is 2.17. The molecule has 0 spiro atoms. The average Bonchev–Trinajstić information content (AvgIpc) is 2.04. The summed E-state index contributed by atoms with van der Waals surface area (Å²) in [4.78, 5) is 11.1. The zero-order chi connectivity index (χ0) is 9.19. The third kappa shape index (κ3) is 1.69. The number of carbonyl (C=O) groups excluding carboxylic acids is 1. The summed E-state index contributed by atoms with van der Waals surface area (Å²) >= 11 is 0. The second kappa shape index (κ2) is 3.56. The van der Waals surface area contributed by atoms with E-state index in [1.165, 1.54) is 0 Å². The topological polar surface area (TPSA) is 26.3 Å². The van der Waals surface area contributed by atoms with Crippen molar-refractivity contribution in [2.45, 2.75) is 46.1 Å². The highest BCUT2D eigenvalue weighted by Gasteiger charge is 2.47. The van der Waals surface area contributed by atoms with E-state index in [4.69, 9.17) is 4.74 Å². The molecular formula is C10H18O2. The van der Waals surface area contributed by atoms with Crippen LogP contribution in [0.4, 0.5) is 0 Å². The SMILES string of the molecule is CCCCO[C@@H]1CC(=O)C1(C)C. The number of ether oxygens (including phenoxy) is 1. The molecule has 0 aromatic rings. The van der Waals surface area contributed by atoms with Crippen molar-refractivity contribution in [2.75, 3.05) is 6.61 Å². The van der Waals surface area contributed by atoms with Crippen molar-refractivity contribution in [2.24, 2.45) is 5.41 Å². The van der Waals surface area contributed by atoms with Crippen molar-refractivity contribution in [1.82, 2.24) is 0 Å². The van der Waals surface area contributed by atoms with Gasteiger partial charge in [0.1, 0.15) is 5.78 Å². The van der Waals surface area contributed by atoms with Gasteiger partial charge in [0.05, 0.1) is 11.5 Å². The van der Waals surface area contributed by atoms with Crippen molar-refractivity contribution in [3.8, 4) is 0 Å². The van der Waals surface area contributed by atoms with E-state index in [2.05, 4.69) is 6.92 Å². The Morgan fingerprint density at radius 3 is 2.67 bits per heavy atom. The summed E-state index contributed by atoms with van der Waals surface area (Å²) in [5, 5.41) is 0. The maximum absolute atomic E-state index is 11.1. The fourth-order valence-electron chi connectivity index (χ4n) is 1.37. The summed E-state index contributed by atoms with van der Waals surface area (Å²) in [6, 6.07) is 0. The number of Topliss-reactive ketones (excluding diaryl/α,β-unsaturated/α-hetero) is 1. The van der Waals surface area contributed by atoms with E-state index in [0.29, 0.717) is 12.2 Å². The van der Waals surface area contributed by atoms with Gasteiger partial charge in [0, 0.05) is 13.0 Å². The van der Waals surface area contributed by atoms with Crippen molar-refractivity contribution in [3.05, 3.63) is 0 Å². The van der Waals surface area contributed by atoms with E-state index in [9.17, 15) is 4.79 Å². The van der Waals surface area contributed by atoms with Crippen LogP contribution in [-0.4, -0.2) is 18.5 Å². The zero-order valence-corrected chi connectivity index (χ0v) is 8.22. The molecule has 1 aliphatic rings. The van der Waals surface area contributed by atoms with E-state index >= 15 is 0 Å². The highest BCUT2D eigenvalue weighted by molar-refractivity contribution is 5.91. The minimum absolute atomic E-state index is 0.177. The molecule has 2 nitrogen and oxygen atoms in total. The van der Waals surface area contributed by atoms with E-state index in [-0.39, 0.29) is 11.5 Å². The number of hydrogen-bond donors (Lipinski definition) is 0. The minimum Gasteiger partial charge on any atom is -0.377 e. The van der Waals surface area contributed by atoms with E-state index in [1.807, 2.05) is 13.8 Å². The number of carbonyl (C=O) groups is 1. The second-order valence-electron chi connectivity index (χ2n) is 4.06. The van der Waals surface area contributed by atoms with Gasteiger partial charge in [-0.2, -0.15) is 0 Å². The lowest BCUT2D eigenvalue weighted by molar-refractivity contribution is -0.158. The Kier molecular flexibility index (Phi) is 2.89. The summed E-state index contributed by atoms with van der Waals surface area (Å²) in [6.45, 7) is 6.88. The van der Waals surface area contributed by atoms with Crippen LogP contribution in [0.2, 0.25) is 0 Å². The summed E-state index contributed by atoms with van der Waals surface area (Å²) < 4.78 is 5.58. The molecule has 12 heavy (non-hydrogen) atoms. The van der Waals surface area contributed by atoms with E-state index < -0.39 is 0 Å². The minimum atomic E-state index is -0.215. The molecule has 1 saturated carbocycles. The first-order valence-corrected chi connectivity index (χ1v) is 4.74. The average molecular weight is 170 g/mol. The molecule has 0 radical (unpaired) electrons. The van der Waals surface area contributed by atoms with Gasteiger partial charge in [0.15, 0.2) is 0 Å². The molecule has 1 aliphatic carbocycles. The molecule has 0 aromatic carbocycles. The third-order valence-corrected chi connectivity index (χ3v) is 2.71. The second-order valence-corrected chi connectivity index (χ2v) is 4.06. The normalized spacial score (nSPS) is 26.9. The van der Waals surface area contributed by atoms with Gasteiger partial charge in [-0.3, -0.25) is 4.79 Å². The number of unbranched alkanes of at least 4 members (excludes halogenated alkanes) is 1. The lowest BCUT2D eigenvalue weighted by Crippen LogP contribution is -2.51. The van der Waals surface area contributed by atoms with Crippen molar-refractivity contribution in [3.63, 3.8) is 0 Å². The quantitative estimate of drug-likeness (QED) is 0.604. The molecule has 1 rings (SSSR count). The molecule has 0 aromatic heterocycles. The summed E-state index contributed by atoms with van der Waals surface area (Å²) in [6.07, 6.45) is 3.05. The molecule has 0 unspecified atom stereocenters. The van der Waals surface area contributed by atoms with Gasteiger partial charge in [-0.1, -0.05) is 27.2 Å². The standard InChI is InChI=1S/C10H18O2/c1-4-5-6-12-9-7-8(11)10(9,2)3/h9H,4-7H2,1-3H3/t9-/m1/s1. The van der Waals surface area contributed by atoms with Gasteiger partial charge >= 0.3 is 0 Å². The van der Waals surface area contributed by atoms with Gasteiger partial charge in [0.2, 0.25) is 0 Å². The van der Waals surface area contributed by atoms with Crippen LogP contribution in [0, 0.1) is 5.41 Å². The fourth-order valence-corrected chi connectivity index (χ4v) is 1.37. The Labute approximate surface area is 74.3 Å². The number of rotatable bonds is 4. The summed E-state index contributed by atoms with van der Waals surface area (Å²) in [5.41, 5.74) is -0.215. The van der Waals surface area contributed by atoms with Crippen LogP contribution >= 0.6 is 0 Å². The van der Waals surface area contributed by atoms with Crippen LogP contribution < -0.4 is 0 Å². The largest absolute Gasteiger partial charge is 0.377 e. The van der Waals surface area contributed by atoms with E-state index in [1.54, 1.807) is 0 Å². The highest BCUT2D eigenvalue weighted by atomic mass is 16.5. The molecule has 70 valence electrons. The first kappa shape index (κ1) is 9.72. The Morgan fingerprint density at radius 2 is 2.25 bits per heavy atom. The Balaban J connectivity index is 2.23. The maximum Gasteiger partial charge on any atom is 0.143 e. The summed E-state index contributed by atoms with van der Waals surface area (Å²) in [5.74, 6) is 0.337. The Hall–Kier alpha value is -0.370. The van der Waals surface area contributed by atoms with E-state index in [0.717, 1.165) is 19.4 Å². The predicted molar refractivity (Wildman–Crippen MR) is 48.1 cm³/mol. The molecule has 0 amide bonds. The smallest absolute Gasteiger partial charge is 0.143 e. The van der Waals surface area contributed by atoms with Crippen LogP contribution in [-0.2, 0) is 9.53 Å². The first-order chi connectivity index (χ1) is 5.59. The molecule has 0 N–H and O–H groups in total. The van der Waals surface area contributed by atoms with Gasteiger partial charge in [0.25, 0.3) is 0 Å². The van der Waals surface area contributed by atoms with Crippen molar-refractivity contribution >= 4 is 5.78 Å². The Morgan fingerprint density at radius 1 is 1.58 bits per heavy atom. The van der Waals surface area contributed by atoms with Gasteiger partial charge in [-0.15, -0.1) is 0 Å².